The van der Waals surface area contributed by atoms with Crippen molar-refractivity contribution in [2.45, 2.75) is 74.7 Å². The molecule has 0 aromatic heterocycles. The Kier molecular flexibility index (Phi) is 14.2. The summed E-state index contributed by atoms with van der Waals surface area (Å²) in [4.78, 5) is 6.81. The molecule has 17 nitrogen and oxygen atoms in total. The van der Waals surface area contributed by atoms with E-state index in [9.17, 15) is 25.5 Å². The molecule has 3 aliphatic heterocycles. The molecule has 0 saturated carbocycles. The molecule has 0 spiro atoms. The fourth-order valence-corrected chi connectivity index (χ4v) is 4.34. The van der Waals surface area contributed by atoms with Gasteiger partial charge in [-0.25, -0.2) is 4.99 Å². The molecule has 230 valence electrons. The summed E-state index contributed by atoms with van der Waals surface area (Å²) in [6.45, 7) is 3.79. The molecule has 3 aliphatic rings. The van der Waals surface area contributed by atoms with Crippen LogP contribution in [-0.2, 0) is 37.9 Å². The highest BCUT2D eigenvalue weighted by atomic mass is 16.7. The Morgan fingerprint density at radius 1 is 0.850 bits per heavy atom. The van der Waals surface area contributed by atoms with Crippen molar-refractivity contribution in [2.75, 3.05) is 66.0 Å². The minimum Gasteiger partial charge on any atom is -0.450 e. The number of nitrogens with zero attached hydrogens (tertiary/aromatic N) is 4. The minimum atomic E-state index is -1.64. The maximum absolute atomic E-state index is 10.8. The van der Waals surface area contributed by atoms with Crippen LogP contribution in [0.25, 0.3) is 10.4 Å². The zero-order chi connectivity index (χ0) is 28.9. The van der Waals surface area contributed by atoms with Crippen molar-refractivity contribution in [2.24, 2.45) is 10.1 Å². The molecule has 3 rings (SSSR count). The van der Waals surface area contributed by atoms with Crippen LogP contribution in [0.4, 0.5) is 0 Å². The first-order valence-corrected chi connectivity index (χ1v) is 13.2. The van der Waals surface area contributed by atoms with Gasteiger partial charge in [-0.05, 0) is 12.0 Å². The van der Waals surface area contributed by atoms with Crippen LogP contribution >= 0.6 is 0 Å². The third-order valence-electron chi connectivity index (χ3n) is 6.40. The van der Waals surface area contributed by atoms with Gasteiger partial charge in [-0.15, -0.1) is 0 Å². The zero-order valence-electron chi connectivity index (χ0n) is 22.3. The fourth-order valence-electron chi connectivity index (χ4n) is 4.34. The molecule has 17 heteroatoms. The van der Waals surface area contributed by atoms with Crippen LogP contribution in [0.2, 0.25) is 0 Å². The van der Waals surface area contributed by atoms with Crippen molar-refractivity contribution in [3.05, 3.63) is 10.4 Å². The van der Waals surface area contributed by atoms with Gasteiger partial charge in [0.2, 0.25) is 6.29 Å². The van der Waals surface area contributed by atoms with Crippen LogP contribution < -0.4 is 0 Å². The third-order valence-corrected chi connectivity index (χ3v) is 6.40. The third kappa shape index (κ3) is 9.42. The van der Waals surface area contributed by atoms with Gasteiger partial charge in [0.25, 0.3) is 0 Å². The molecule has 2 fully saturated rings. The second-order valence-electron chi connectivity index (χ2n) is 9.31. The predicted octanol–water partition coefficient (Wildman–Crippen LogP) is -2.16. The number of aliphatic imine (C=N–C) groups is 1. The quantitative estimate of drug-likeness (QED) is 0.0503. The van der Waals surface area contributed by atoms with Gasteiger partial charge < -0.3 is 63.4 Å². The van der Waals surface area contributed by atoms with Gasteiger partial charge in [0.1, 0.15) is 48.8 Å². The summed E-state index contributed by atoms with van der Waals surface area (Å²) in [6, 6.07) is -0.801. The predicted molar refractivity (Wildman–Crippen MR) is 133 cm³/mol. The van der Waals surface area contributed by atoms with Gasteiger partial charge in [-0.3, -0.25) is 0 Å². The molecule has 0 aliphatic carbocycles. The van der Waals surface area contributed by atoms with Crippen molar-refractivity contribution in [1.82, 2.24) is 0 Å². The Morgan fingerprint density at radius 3 is 2.20 bits per heavy atom. The summed E-state index contributed by atoms with van der Waals surface area (Å²) in [5.74, 6) is 0.315. The van der Waals surface area contributed by atoms with Crippen LogP contribution in [0.3, 0.4) is 0 Å². The van der Waals surface area contributed by atoms with Crippen molar-refractivity contribution in [3.8, 4) is 0 Å². The van der Waals surface area contributed by atoms with Gasteiger partial charge in [-0.2, -0.15) is 0 Å². The summed E-state index contributed by atoms with van der Waals surface area (Å²) in [5, 5.41) is 55.1. The van der Waals surface area contributed by atoms with E-state index in [1.54, 1.807) is 6.92 Å². The van der Waals surface area contributed by atoms with E-state index < -0.39 is 68.0 Å². The molecule has 0 amide bonds. The Morgan fingerprint density at radius 2 is 1.52 bits per heavy atom. The Balaban J connectivity index is 1.32. The average molecular weight is 581 g/mol. The first-order valence-electron chi connectivity index (χ1n) is 13.2. The van der Waals surface area contributed by atoms with Gasteiger partial charge in [0.05, 0.1) is 46.2 Å². The van der Waals surface area contributed by atoms with Gasteiger partial charge >= 0.3 is 0 Å². The average Bonchev–Trinajstić information content (AvgIpc) is 3.33. The lowest BCUT2D eigenvalue weighted by atomic mass is 9.96. The topological polar surface area (TPSA) is 236 Å². The molecule has 3 heterocycles. The van der Waals surface area contributed by atoms with Crippen molar-refractivity contribution in [1.29, 1.82) is 0 Å². The lowest BCUT2D eigenvalue weighted by molar-refractivity contribution is -0.342. The van der Waals surface area contributed by atoms with Crippen molar-refractivity contribution >= 4 is 5.90 Å². The summed E-state index contributed by atoms with van der Waals surface area (Å²) < 4.78 is 44.1. The van der Waals surface area contributed by atoms with E-state index in [4.69, 9.17) is 43.4 Å². The maximum Gasteiger partial charge on any atom is 0.227 e. The lowest BCUT2D eigenvalue weighted by Crippen LogP contribution is -2.64. The molecule has 4 unspecified atom stereocenters. The molecule has 0 radical (unpaired) electrons. The van der Waals surface area contributed by atoms with Crippen LogP contribution in [0.1, 0.15) is 13.3 Å². The van der Waals surface area contributed by atoms with Crippen LogP contribution in [0, 0.1) is 0 Å². The summed E-state index contributed by atoms with van der Waals surface area (Å²) >= 11 is 0. The Labute approximate surface area is 231 Å². The largest absolute Gasteiger partial charge is 0.450 e. The van der Waals surface area contributed by atoms with Gasteiger partial charge in [-0.1, -0.05) is 5.11 Å². The molecule has 0 aromatic rings. The Hall–Kier alpha value is -1.70. The summed E-state index contributed by atoms with van der Waals surface area (Å²) in [6.07, 6.45) is -10.9. The second-order valence-corrected chi connectivity index (χ2v) is 9.31. The standard InChI is InChI=1S/C23H40N4O13/c1-13-26-16-18(30)21(14(11-28)38-22(16)37-13)40-23-20(32)19(31)17(29)15(39-23)12-36-10-9-34-5-2-4-33-7-8-35-6-3-25-27-24/h14-23,28-32H,2-12H2,1H3/t14?,15?,16?,17-,18-,19+,20?,21-,22+,23+/m1/s1. The SMILES string of the molecule is CC1=NC2[C@@H](O1)OC(CO)[C@@H](O[C@@H]1OC(COCCOCCCOCCOCCN=[N+]=[N-])[C@@H](O)[C@H](O)C1O)[C@@H]2O. The molecule has 40 heavy (non-hydrogen) atoms. The lowest BCUT2D eigenvalue weighted by Gasteiger charge is -2.45. The molecule has 2 saturated heterocycles. The van der Waals surface area contributed by atoms with Crippen LogP contribution in [0.5, 0.6) is 0 Å². The number of aliphatic hydroxyl groups excluding tert-OH is 5. The van der Waals surface area contributed by atoms with E-state index in [-0.39, 0.29) is 26.4 Å². The van der Waals surface area contributed by atoms with E-state index in [1.807, 2.05) is 0 Å². The molecule has 0 bridgehead atoms. The molecule has 5 N–H and O–H groups in total. The number of hydrogen-bond acceptors (Lipinski definition) is 15. The molecule has 0 aromatic carbocycles. The van der Waals surface area contributed by atoms with Gasteiger partial charge in [0.15, 0.2) is 12.2 Å². The summed E-state index contributed by atoms with van der Waals surface area (Å²) in [7, 11) is 0. The highest BCUT2D eigenvalue weighted by Gasteiger charge is 2.52. The number of azide groups is 1. The second kappa shape index (κ2) is 17.3. The first-order chi connectivity index (χ1) is 19.4. The number of fused-ring (bicyclic) bond motifs is 1. The van der Waals surface area contributed by atoms with E-state index in [2.05, 4.69) is 15.0 Å². The van der Waals surface area contributed by atoms with E-state index in [1.165, 1.54) is 0 Å². The first kappa shape index (κ1) is 32.8. The Bertz CT molecular complexity index is 820. The van der Waals surface area contributed by atoms with Crippen molar-refractivity contribution < 1.29 is 63.4 Å². The highest BCUT2D eigenvalue weighted by molar-refractivity contribution is 5.75. The fraction of sp³-hybridized carbons (Fsp3) is 0.957. The van der Waals surface area contributed by atoms with Crippen LogP contribution in [-0.4, -0.2) is 159 Å². The number of ether oxygens (including phenoxy) is 8. The monoisotopic (exact) mass is 580 g/mol. The van der Waals surface area contributed by atoms with E-state index in [0.717, 1.165) is 0 Å². The maximum atomic E-state index is 10.8. The zero-order valence-corrected chi connectivity index (χ0v) is 22.3. The number of hydrogen-bond donors (Lipinski definition) is 5. The van der Waals surface area contributed by atoms with E-state index >= 15 is 0 Å². The van der Waals surface area contributed by atoms with Gasteiger partial charge in [0, 0.05) is 31.6 Å². The summed E-state index contributed by atoms with van der Waals surface area (Å²) in [5.41, 5.74) is 8.15. The minimum absolute atomic E-state index is 0.133. The molecule has 10 atom stereocenters. The smallest absolute Gasteiger partial charge is 0.227 e. The normalized spacial score (nSPS) is 35.5. The van der Waals surface area contributed by atoms with Crippen molar-refractivity contribution in [3.63, 3.8) is 0 Å². The highest BCUT2D eigenvalue weighted by Crippen LogP contribution is 2.32. The van der Waals surface area contributed by atoms with E-state index in [0.29, 0.717) is 45.4 Å². The number of aliphatic hydroxyl groups is 5. The number of rotatable bonds is 18. The molecular formula is C23H40N4O13. The molecular weight excluding hydrogens is 540 g/mol. The van der Waals surface area contributed by atoms with Crippen LogP contribution in [0.15, 0.2) is 10.1 Å².